The van der Waals surface area contributed by atoms with Crippen LogP contribution in [0.5, 0.6) is 0 Å². The van der Waals surface area contributed by atoms with Gasteiger partial charge in [0.1, 0.15) is 0 Å². The van der Waals surface area contributed by atoms with E-state index in [1.54, 1.807) is 11.7 Å². The number of aromatic nitrogens is 4. The lowest BCUT2D eigenvalue weighted by atomic mass is 9.99. The van der Waals surface area contributed by atoms with Crippen LogP contribution in [0, 0.1) is 5.92 Å². The standard InChI is InChI=1S/C16H22N6OS/c1-12-7-9-22(10-8-12)14-5-3-13(4-6-14)17-15(23)11-24-16-18-19-20-21(16)2/h3-6,12H,7-11H2,1-2H3,(H,17,23). The molecule has 0 spiro atoms. The number of hydrogen-bond donors (Lipinski definition) is 1. The molecule has 2 heterocycles. The van der Waals surface area contributed by atoms with E-state index in [2.05, 4.69) is 44.8 Å². The molecule has 1 aliphatic rings. The number of nitrogens with one attached hydrogen (secondary N) is 1. The molecule has 1 N–H and O–H groups in total. The van der Waals surface area contributed by atoms with E-state index in [0.29, 0.717) is 5.16 Å². The summed E-state index contributed by atoms with van der Waals surface area (Å²) in [6, 6.07) is 8.07. The minimum Gasteiger partial charge on any atom is -0.372 e. The van der Waals surface area contributed by atoms with E-state index >= 15 is 0 Å². The highest BCUT2D eigenvalue weighted by Crippen LogP contribution is 2.24. The van der Waals surface area contributed by atoms with Gasteiger partial charge >= 0.3 is 0 Å². The van der Waals surface area contributed by atoms with Gasteiger partial charge in [0, 0.05) is 31.5 Å². The second-order valence-corrected chi connectivity index (χ2v) is 7.08. The summed E-state index contributed by atoms with van der Waals surface area (Å²) in [5.41, 5.74) is 2.03. The van der Waals surface area contributed by atoms with Crippen LogP contribution >= 0.6 is 11.8 Å². The topological polar surface area (TPSA) is 75.9 Å². The molecule has 1 aromatic carbocycles. The largest absolute Gasteiger partial charge is 0.372 e. The van der Waals surface area contributed by atoms with Gasteiger partial charge < -0.3 is 10.2 Å². The quantitative estimate of drug-likeness (QED) is 0.836. The number of amides is 1. The highest BCUT2D eigenvalue weighted by atomic mass is 32.2. The van der Waals surface area contributed by atoms with E-state index in [1.807, 2.05) is 12.1 Å². The smallest absolute Gasteiger partial charge is 0.234 e. The molecule has 8 heteroatoms. The molecular formula is C16H22N6OS. The van der Waals surface area contributed by atoms with Gasteiger partial charge in [0.15, 0.2) is 0 Å². The molecule has 0 radical (unpaired) electrons. The van der Waals surface area contributed by atoms with Gasteiger partial charge in [-0.1, -0.05) is 18.7 Å². The third kappa shape index (κ3) is 4.25. The van der Waals surface area contributed by atoms with Crippen molar-refractivity contribution < 1.29 is 4.79 Å². The zero-order valence-electron chi connectivity index (χ0n) is 14.0. The lowest BCUT2D eigenvalue weighted by molar-refractivity contribution is -0.113. The van der Waals surface area contributed by atoms with E-state index in [-0.39, 0.29) is 11.7 Å². The van der Waals surface area contributed by atoms with Gasteiger partial charge in [-0.05, 0) is 53.5 Å². The van der Waals surface area contributed by atoms with Gasteiger partial charge in [-0.25, -0.2) is 4.68 Å². The van der Waals surface area contributed by atoms with Gasteiger partial charge in [0.05, 0.1) is 5.75 Å². The summed E-state index contributed by atoms with van der Waals surface area (Å²) in [6.45, 7) is 4.52. The summed E-state index contributed by atoms with van der Waals surface area (Å²) in [5.74, 6) is 1.03. The molecule has 2 aromatic rings. The number of carbonyl (C=O) groups excluding carboxylic acids is 1. The van der Waals surface area contributed by atoms with Gasteiger partial charge in [-0.2, -0.15) is 0 Å². The molecule has 1 saturated heterocycles. The molecule has 24 heavy (non-hydrogen) atoms. The number of thioether (sulfide) groups is 1. The second kappa shape index (κ2) is 7.65. The highest BCUT2D eigenvalue weighted by Gasteiger charge is 2.16. The maximum Gasteiger partial charge on any atom is 0.234 e. The number of nitrogens with zero attached hydrogens (tertiary/aromatic N) is 5. The van der Waals surface area contributed by atoms with Crippen molar-refractivity contribution in [2.75, 3.05) is 29.1 Å². The molecule has 1 fully saturated rings. The Morgan fingerprint density at radius 1 is 1.29 bits per heavy atom. The van der Waals surface area contributed by atoms with Crippen LogP contribution in [0.3, 0.4) is 0 Å². The van der Waals surface area contributed by atoms with E-state index < -0.39 is 0 Å². The molecule has 0 bridgehead atoms. The first kappa shape index (κ1) is 16.8. The molecule has 0 unspecified atom stereocenters. The number of aryl methyl sites for hydroxylation is 1. The SMILES string of the molecule is CC1CCN(c2ccc(NC(=O)CSc3nnnn3C)cc2)CC1. The van der Waals surface area contributed by atoms with Crippen molar-refractivity contribution in [2.24, 2.45) is 13.0 Å². The van der Waals surface area contributed by atoms with Crippen molar-refractivity contribution in [1.29, 1.82) is 0 Å². The van der Waals surface area contributed by atoms with Crippen LogP contribution in [-0.4, -0.2) is 45.0 Å². The predicted octanol–water partition coefficient (Wildman–Crippen LogP) is 2.18. The van der Waals surface area contributed by atoms with Crippen molar-refractivity contribution in [1.82, 2.24) is 20.2 Å². The summed E-state index contributed by atoms with van der Waals surface area (Å²) in [7, 11) is 1.75. The maximum atomic E-state index is 12.0. The zero-order chi connectivity index (χ0) is 16.9. The molecular weight excluding hydrogens is 324 g/mol. The first-order valence-corrected chi connectivity index (χ1v) is 9.10. The number of hydrogen-bond acceptors (Lipinski definition) is 6. The van der Waals surface area contributed by atoms with Crippen LogP contribution in [0.15, 0.2) is 29.4 Å². The normalized spacial score (nSPS) is 15.5. The summed E-state index contributed by atoms with van der Waals surface area (Å²) in [5, 5.41) is 14.7. The second-order valence-electron chi connectivity index (χ2n) is 6.14. The van der Waals surface area contributed by atoms with Crippen LogP contribution in [0.1, 0.15) is 19.8 Å². The van der Waals surface area contributed by atoms with E-state index in [4.69, 9.17) is 0 Å². The van der Waals surface area contributed by atoms with E-state index in [1.165, 1.54) is 30.3 Å². The Morgan fingerprint density at radius 2 is 2.00 bits per heavy atom. The molecule has 0 saturated carbocycles. The number of carbonyl (C=O) groups is 1. The molecule has 0 atom stereocenters. The van der Waals surface area contributed by atoms with Gasteiger partial charge in [0.25, 0.3) is 0 Å². The first-order chi connectivity index (χ1) is 11.6. The predicted molar refractivity (Wildman–Crippen MR) is 95.2 cm³/mol. The van der Waals surface area contributed by atoms with Gasteiger partial charge in [0.2, 0.25) is 11.1 Å². The fraction of sp³-hybridized carbons (Fsp3) is 0.500. The van der Waals surface area contributed by atoms with Crippen molar-refractivity contribution >= 4 is 29.0 Å². The summed E-state index contributed by atoms with van der Waals surface area (Å²) in [4.78, 5) is 14.4. The number of anilines is 2. The Bertz CT molecular complexity index is 678. The summed E-state index contributed by atoms with van der Waals surface area (Å²) in [6.07, 6.45) is 2.49. The minimum absolute atomic E-state index is 0.0671. The van der Waals surface area contributed by atoms with Gasteiger partial charge in [-0.3, -0.25) is 4.79 Å². The molecule has 128 valence electrons. The molecule has 1 amide bonds. The van der Waals surface area contributed by atoms with Gasteiger partial charge in [-0.15, -0.1) is 5.10 Å². The van der Waals surface area contributed by atoms with Crippen molar-refractivity contribution in [3.8, 4) is 0 Å². The third-order valence-corrected chi connectivity index (χ3v) is 5.22. The monoisotopic (exact) mass is 346 g/mol. The van der Waals surface area contributed by atoms with Crippen molar-refractivity contribution in [2.45, 2.75) is 24.9 Å². The lowest BCUT2D eigenvalue weighted by Gasteiger charge is -2.32. The minimum atomic E-state index is -0.0671. The number of rotatable bonds is 5. The number of tetrazole rings is 1. The van der Waals surface area contributed by atoms with E-state index in [9.17, 15) is 4.79 Å². The van der Waals surface area contributed by atoms with Crippen LogP contribution in [-0.2, 0) is 11.8 Å². The Kier molecular flexibility index (Phi) is 5.34. The molecule has 0 aliphatic carbocycles. The molecule has 7 nitrogen and oxygen atoms in total. The van der Waals surface area contributed by atoms with Crippen LogP contribution in [0.2, 0.25) is 0 Å². The van der Waals surface area contributed by atoms with Crippen LogP contribution in [0.25, 0.3) is 0 Å². The van der Waals surface area contributed by atoms with Crippen LogP contribution < -0.4 is 10.2 Å². The average molecular weight is 346 g/mol. The Morgan fingerprint density at radius 3 is 2.62 bits per heavy atom. The maximum absolute atomic E-state index is 12.0. The molecule has 3 rings (SSSR count). The number of benzene rings is 1. The fourth-order valence-corrected chi connectivity index (χ4v) is 3.34. The van der Waals surface area contributed by atoms with E-state index in [0.717, 1.165) is 24.7 Å². The lowest BCUT2D eigenvalue weighted by Crippen LogP contribution is -2.32. The summed E-state index contributed by atoms with van der Waals surface area (Å²) < 4.78 is 1.55. The Hall–Kier alpha value is -2.09. The Labute approximate surface area is 145 Å². The summed E-state index contributed by atoms with van der Waals surface area (Å²) >= 11 is 1.31. The van der Waals surface area contributed by atoms with Crippen LogP contribution in [0.4, 0.5) is 11.4 Å². The van der Waals surface area contributed by atoms with Crippen molar-refractivity contribution in [3.63, 3.8) is 0 Å². The number of piperidine rings is 1. The zero-order valence-corrected chi connectivity index (χ0v) is 14.8. The fourth-order valence-electron chi connectivity index (χ4n) is 2.69. The highest BCUT2D eigenvalue weighted by molar-refractivity contribution is 7.99. The molecule has 1 aliphatic heterocycles. The first-order valence-electron chi connectivity index (χ1n) is 8.12. The average Bonchev–Trinajstić information content (AvgIpc) is 3.00. The third-order valence-electron chi connectivity index (χ3n) is 4.21. The van der Waals surface area contributed by atoms with Crippen molar-refractivity contribution in [3.05, 3.63) is 24.3 Å². The Balaban J connectivity index is 1.50. The molecule has 1 aromatic heterocycles.